The summed E-state index contributed by atoms with van der Waals surface area (Å²) in [6, 6.07) is 11.1. The van der Waals surface area contributed by atoms with E-state index in [1.54, 1.807) is 13.2 Å². The van der Waals surface area contributed by atoms with Crippen LogP contribution in [0, 0.1) is 3.57 Å². The summed E-state index contributed by atoms with van der Waals surface area (Å²) in [6.45, 7) is 0. The summed E-state index contributed by atoms with van der Waals surface area (Å²) in [5.74, 6) is 1.32. The Bertz CT molecular complexity index is 875. The second kappa shape index (κ2) is 5.76. The van der Waals surface area contributed by atoms with E-state index >= 15 is 0 Å². The van der Waals surface area contributed by atoms with Crippen molar-refractivity contribution >= 4 is 49.4 Å². The van der Waals surface area contributed by atoms with Gasteiger partial charge in [0.1, 0.15) is 11.6 Å². The van der Waals surface area contributed by atoms with Gasteiger partial charge >= 0.3 is 0 Å². The zero-order valence-corrected chi connectivity index (χ0v) is 14.7. The van der Waals surface area contributed by atoms with E-state index in [-0.39, 0.29) is 5.56 Å². The van der Waals surface area contributed by atoms with Gasteiger partial charge in [-0.15, -0.1) is 0 Å². The highest BCUT2D eigenvalue weighted by atomic mass is 127. The van der Waals surface area contributed by atoms with Crippen LogP contribution in [0.25, 0.3) is 22.3 Å². The second-order valence-corrected chi connectivity index (χ2v) is 6.50. The van der Waals surface area contributed by atoms with E-state index in [1.165, 1.54) is 0 Å². The molecule has 0 bridgehead atoms. The molecule has 0 saturated heterocycles. The van der Waals surface area contributed by atoms with Gasteiger partial charge in [0.15, 0.2) is 0 Å². The van der Waals surface area contributed by atoms with Crippen LogP contribution < -0.4 is 10.3 Å². The van der Waals surface area contributed by atoms with Crippen LogP contribution >= 0.6 is 38.5 Å². The van der Waals surface area contributed by atoms with E-state index in [1.807, 2.05) is 30.3 Å². The van der Waals surface area contributed by atoms with Crippen molar-refractivity contribution in [3.05, 3.63) is 54.8 Å². The summed E-state index contributed by atoms with van der Waals surface area (Å²) in [5, 5.41) is 0.575. The number of H-pyrrole nitrogens is 1. The molecule has 3 rings (SSSR count). The van der Waals surface area contributed by atoms with Crippen molar-refractivity contribution in [2.24, 2.45) is 0 Å². The van der Waals surface area contributed by atoms with Gasteiger partial charge < -0.3 is 9.72 Å². The fraction of sp³-hybridized carbons (Fsp3) is 0.0667. The number of nitrogens with zero attached hydrogens (tertiary/aromatic N) is 1. The zero-order valence-electron chi connectivity index (χ0n) is 11.0. The Morgan fingerprint density at radius 2 is 1.95 bits per heavy atom. The lowest BCUT2D eigenvalue weighted by Gasteiger charge is -2.06. The third kappa shape index (κ3) is 2.82. The Hall–Kier alpha value is -1.41. The molecule has 21 heavy (non-hydrogen) atoms. The van der Waals surface area contributed by atoms with Gasteiger partial charge in [-0.05, 0) is 59.0 Å². The summed E-state index contributed by atoms with van der Waals surface area (Å²) in [5.41, 5.74) is 1.40. The minimum absolute atomic E-state index is 0.148. The van der Waals surface area contributed by atoms with Crippen molar-refractivity contribution in [2.75, 3.05) is 7.11 Å². The van der Waals surface area contributed by atoms with Crippen LogP contribution in [0.4, 0.5) is 0 Å². The van der Waals surface area contributed by atoms with E-state index in [0.29, 0.717) is 16.7 Å². The van der Waals surface area contributed by atoms with Gasteiger partial charge in [-0.2, -0.15) is 0 Å². The van der Waals surface area contributed by atoms with Crippen LogP contribution in [0.3, 0.4) is 0 Å². The highest BCUT2D eigenvalue weighted by Gasteiger charge is 2.10. The quantitative estimate of drug-likeness (QED) is 0.593. The van der Waals surface area contributed by atoms with Gasteiger partial charge in [-0.3, -0.25) is 4.79 Å². The fourth-order valence-electron chi connectivity index (χ4n) is 2.05. The highest BCUT2D eigenvalue weighted by Crippen LogP contribution is 2.25. The minimum Gasteiger partial charge on any atom is -0.497 e. The van der Waals surface area contributed by atoms with Crippen LogP contribution in [0.15, 0.2) is 45.7 Å². The number of halogens is 2. The number of rotatable bonds is 2. The lowest BCUT2D eigenvalue weighted by Crippen LogP contribution is -2.10. The van der Waals surface area contributed by atoms with Crippen LogP contribution in [-0.4, -0.2) is 17.1 Å². The van der Waals surface area contributed by atoms with Crippen LogP contribution in [0.1, 0.15) is 0 Å². The maximum atomic E-state index is 12.3. The molecular formula is C15H10BrIN2O2. The van der Waals surface area contributed by atoms with Gasteiger partial charge in [0.25, 0.3) is 5.56 Å². The average Bonchev–Trinajstić information content (AvgIpc) is 2.48. The smallest absolute Gasteiger partial charge is 0.259 e. The van der Waals surface area contributed by atoms with Gasteiger partial charge in [0.05, 0.1) is 18.0 Å². The molecule has 0 radical (unpaired) electrons. The molecule has 0 saturated carbocycles. The predicted octanol–water partition coefficient (Wildman–Crippen LogP) is 3.97. The Morgan fingerprint density at radius 3 is 2.62 bits per heavy atom. The Morgan fingerprint density at radius 1 is 1.24 bits per heavy atom. The van der Waals surface area contributed by atoms with Crippen molar-refractivity contribution in [1.29, 1.82) is 0 Å². The van der Waals surface area contributed by atoms with Crippen molar-refractivity contribution in [1.82, 2.24) is 9.97 Å². The molecule has 0 atom stereocenters. The molecule has 3 aromatic rings. The first-order chi connectivity index (χ1) is 10.1. The van der Waals surface area contributed by atoms with Crippen molar-refractivity contribution < 1.29 is 4.74 Å². The number of benzene rings is 2. The predicted molar refractivity (Wildman–Crippen MR) is 94.8 cm³/mol. The van der Waals surface area contributed by atoms with Crippen molar-refractivity contribution in [2.45, 2.75) is 0 Å². The van der Waals surface area contributed by atoms with Crippen LogP contribution in [-0.2, 0) is 0 Å². The molecule has 0 aliphatic rings. The second-order valence-electron chi connectivity index (χ2n) is 4.43. The van der Waals surface area contributed by atoms with E-state index in [9.17, 15) is 4.79 Å². The van der Waals surface area contributed by atoms with Gasteiger partial charge in [-0.1, -0.05) is 15.9 Å². The van der Waals surface area contributed by atoms with Crippen molar-refractivity contribution in [3.63, 3.8) is 0 Å². The summed E-state index contributed by atoms with van der Waals surface area (Å²) < 4.78 is 6.93. The first kappa shape index (κ1) is 14.5. The molecule has 0 aliphatic carbocycles. The molecule has 2 aromatic carbocycles. The molecule has 4 nitrogen and oxygen atoms in total. The van der Waals surface area contributed by atoms with E-state index in [0.717, 1.165) is 19.4 Å². The van der Waals surface area contributed by atoms with Crippen LogP contribution in [0.5, 0.6) is 5.75 Å². The number of fused-ring (bicyclic) bond motifs is 1. The number of aromatic amines is 1. The van der Waals surface area contributed by atoms with E-state index in [2.05, 4.69) is 48.5 Å². The fourth-order valence-corrected chi connectivity index (χ4v) is 3.69. The first-order valence-corrected chi connectivity index (χ1v) is 7.99. The third-order valence-corrected chi connectivity index (χ3v) is 4.37. The molecule has 0 unspecified atom stereocenters. The molecule has 1 N–H and O–H groups in total. The minimum atomic E-state index is -0.148. The topological polar surface area (TPSA) is 55.0 Å². The Kier molecular flexibility index (Phi) is 3.99. The molecule has 106 valence electrons. The maximum Gasteiger partial charge on any atom is 0.259 e. The number of hydrogen-bond acceptors (Lipinski definition) is 3. The number of nitrogens with one attached hydrogen (secondary N) is 1. The lowest BCUT2D eigenvalue weighted by atomic mass is 10.2. The number of ether oxygens (including phenoxy) is 1. The van der Waals surface area contributed by atoms with Gasteiger partial charge in [-0.25, -0.2) is 4.98 Å². The molecular weight excluding hydrogens is 447 g/mol. The van der Waals surface area contributed by atoms with Gasteiger partial charge in [0, 0.05) is 13.6 Å². The molecule has 0 spiro atoms. The SMILES string of the molecule is COc1ccc(-c2nc3c(I)cc(Br)cc3c(=O)[nH]2)cc1. The van der Waals surface area contributed by atoms with Crippen molar-refractivity contribution in [3.8, 4) is 17.1 Å². The zero-order chi connectivity index (χ0) is 15.0. The Labute approximate surface area is 142 Å². The van der Waals surface area contributed by atoms with Gasteiger partial charge in [0.2, 0.25) is 0 Å². The Balaban J connectivity index is 2.22. The normalized spacial score (nSPS) is 10.8. The lowest BCUT2D eigenvalue weighted by molar-refractivity contribution is 0.415. The number of aromatic nitrogens is 2. The maximum absolute atomic E-state index is 12.3. The molecule has 0 amide bonds. The monoisotopic (exact) mass is 456 g/mol. The molecule has 1 aromatic heterocycles. The summed E-state index contributed by atoms with van der Waals surface area (Å²) in [4.78, 5) is 19.7. The first-order valence-electron chi connectivity index (χ1n) is 6.12. The van der Waals surface area contributed by atoms with E-state index in [4.69, 9.17) is 4.74 Å². The summed E-state index contributed by atoms with van der Waals surface area (Å²) in [7, 11) is 1.62. The third-order valence-electron chi connectivity index (χ3n) is 3.09. The molecule has 6 heteroatoms. The molecule has 0 fully saturated rings. The molecule has 1 heterocycles. The van der Waals surface area contributed by atoms with E-state index < -0.39 is 0 Å². The highest BCUT2D eigenvalue weighted by molar-refractivity contribution is 14.1. The molecule has 0 aliphatic heterocycles. The number of methoxy groups -OCH3 is 1. The largest absolute Gasteiger partial charge is 0.497 e. The average molecular weight is 457 g/mol. The summed E-state index contributed by atoms with van der Waals surface area (Å²) >= 11 is 5.58. The standard InChI is InChI=1S/C15H10BrIN2O2/c1-21-10-4-2-8(3-5-10)14-18-13-11(15(20)19-14)6-9(16)7-12(13)17/h2-7H,1H3,(H,18,19,20). The summed E-state index contributed by atoms with van der Waals surface area (Å²) in [6.07, 6.45) is 0. The van der Waals surface area contributed by atoms with Crippen LogP contribution in [0.2, 0.25) is 0 Å². The number of hydrogen-bond donors (Lipinski definition) is 1.